The van der Waals surface area contributed by atoms with Crippen LogP contribution in [0.5, 0.6) is 0 Å². The highest BCUT2D eigenvalue weighted by molar-refractivity contribution is 6.30. The van der Waals surface area contributed by atoms with Crippen LogP contribution >= 0.6 is 11.6 Å². The number of piperidine rings is 1. The van der Waals surface area contributed by atoms with Gasteiger partial charge in [0.05, 0.1) is 11.4 Å². The van der Waals surface area contributed by atoms with E-state index in [4.69, 9.17) is 17.3 Å². The molecule has 104 valence electrons. The molecule has 2 aromatic rings. The molecule has 2 heterocycles. The zero-order valence-electron chi connectivity index (χ0n) is 11.1. The van der Waals surface area contributed by atoms with Crippen LogP contribution in [-0.4, -0.2) is 23.1 Å². The second-order valence-corrected chi connectivity index (χ2v) is 5.52. The Morgan fingerprint density at radius 2 is 2.00 bits per heavy atom. The zero-order valence-corrected chi connectivity index (χ0v) is 11.9. The normalized spacial score (nSPS) is 18.9. The third-order valence-electron chi connectivity index (χ3n) is 3.62. The zero-order chi connectivity index (χ0) is 13.9. The molecule has 1 aromatic carbocycles. The molecule has 0 bridgehead atoms. The number of hydrogen-bond acceptors (Lipinski definition) is 4. The number of nitrogen functional groups attached to an aromatic ring is 1. The average Bonchev–Trinajstić information content (AvgIpc) is 2.48. The second kappa shape index (κ2) is 5.77. The van der Waals surface area contributed by atoms with Crippen molar-refractivity contribution in [1.82, 2.24) is 15.3 Å². The lowest BCUT2D eigenvalue weighted by atomic mass is 9.95. The van der Waals surface area contributed by atoms with Gasteiger partial charge in [-0.3, -0.25) is 0 Å². The minimum Gasteiger partial charge on any atom is -0.368 e. The summed E-state index contributed by atoms with van der Waals surface area (Å²) < 4.78 is 0. The second-order valence-electron chi connectivity index (χ2n) is 5.09. The molecular weight excluding hydrogens is 272 g/mol. The molecule has 20 heavy (non-hydrogen) atoms. The minimum absolute atomic E-state index is 0.332. The van der Waals surface area contributed by atoms with Crippen molar-refractivity contribution in [3.63, 3.8) is 0 Å². The molecule has 0 amide bonds. The molecule has 0 saturated carbocycles. The number of nitrogens with two attached hydrogens (primary N) is 1. The standard InChI is InChI=1S/C15H17ClN4/c16-12-5-3-10(4-6-12)13-8-14(20-15(17)19-13)11-2-1-7-18-9-11/h3-6,8,11,18H,1-2,7,9H2,(H2,17,19,20). The number of benzene rings is 1. The lowest BCUT2D eigenvalue weighted by Crippen LogP contribution is -2.29. The lowest BCUT2D eigenvalue weighted by molar-refractivity contribution is 0.454. The molecule has 1 aromatic heterocycles. The summed E-state index contributed by atoms with van der Waals surface area (Å²) in [5, 5.41) is 4.12. The topological polar surface area (TPSA) is 63.8 Å². The summed E-state index contributed by atoms with van der Waals surface area (Å²) in [6.07, 6.45) is 2.31. The SMILES string of the molecule is Nc1nc(-c2ccc(Cl)cc2)cc(C2CCCNC2)n1. The van der Waals surface area contributed by atoms with Gasteiger partial charge in [-0.1, -0.05) is 23.7 Å². The van der Waals surface area contributed by atoms with Gasteiger partial charge in [0.15, 0.2) is 0 Å². The van der Waals surface area contributed by atoms with Gasteiger partial charge in [-0.05, 0) is 37.6 Å². The highest BCUT2D eigenvalue weighted by atomic mass is 35.5. The third-order valence-corrected chi connectivity index (χ3v) is 3.87. The van der Waals surface area contributed by atoms with Gasteiger partial charge in [0.2, 0.25) is 5.95 Å². The van der Waals surface area contributed by atoms with Gasteiger partial charge < -0.3 is 11.1 Å². The maximum Gasteiger partial charge on any atom is 0.220 e. The van der Waals surface area contributed by atoms with Gasteiger partial charge in [0, 0.05) is 23.0 Å². The quantitative estimate of drug-likeness (QED) is 0.892. The minimum atomic E-state index is 0.332. The molecule has 0 spiro atoms. The van der Waals surface area contributed by atoms with Crippen LogP contribution in [0.1, 0.15) is 24.5 Å². The number of rotatable bonds is 2. The first-order valence-corrected chi connectivity index (χ1v) is 7.21. The van der Waals surface area contributed by atoms with Crippen LogP contribution in [0.15, 0.2) is 30.3 Å². The fraction of sp³-hybridized carbons (Fsp3) is 0.333. The molecule has 1 atom stereocenters. The van der Waals surface area contributed by atoms with Crippen molar-refractivity contribution in [2.75, 3.05) is 18.8 Å². The van der Waals surface area contributed by atoms with Crippen molar-refractivity contribution in [2.24, 2.45) is 0 Å². The lowest BCUT2D eigenvalue weighted by Gasteiger charge is -2.22. The van der Waals surface area contributed by atoms with Crippen molar-refractivity contribution in [1.29, 1.82) is 0 Å². The Bertz CT molecular complexity index is 591. The molecule has 5 heteroatoms. The molecule has 1 aliphatic heterocycles. The molecule has 3 N–H and O–H groups in total. The van der Waals surface area contributed by atoms with Gasteiger partial charge in [-0.2, -0.15) is 0 Å². The molecule has 1 unspecified atom stereocenters. The van der Waals surface area contributed by atoms with E-state index in [0.717, 1.165) is 36.5 Å². The predicted molar refractivity (Wildman–Crippen MR) is 81.7 cm³/mol. The first-order valence-electron chi connectivity index (χ1n) is 6.83. The number of nitrogens with zero attached hydrogens (tertiary/aromatic N) is 2. The summed E-state index contributed by atoms with van der Waals surface area (Å²) in [6, 6.07) is 9.66. The van der Waals surface area contributed by atoms with Crippen LogP contribution in [0.3, 0.4) is 0 Å². The molecule has 0 aliphatic carbocycles. The van der Waals surface area contributed by atoms with Crippen molar-refractivity contribution < 1.29 is 0 Å². The first kappa shape index (κ1) is 13.3. The van der Waals surface area contributed by atoms with Crippen LogP contribution in [0.2, 0.25) is 5.02 Å². The Labute approximate surface area is 123 Å². The van der Waals surface area contributed by atoms with E-state index in [9.17, 15) is 0 Å². The third kappa shape index (κ3) is 2.92. The fourth-order valence-electron chi connectivity index (χ4n) is 2.57. The predicted octanol–water partition coefficient (Wildman–Crippen LogP) is 2.85. The van der Waals surface area contributed by atoms with E-state index in [1.165, 1.54) is 6.42 Å². The number of nitrogens with one attached hydrogen (secondary N) is 1. The Morgan fingerprint density at radius 1 is 1.20 bits per heavy atom. The van der Waals surface area contributed by atoms with E-state index in [0.29, 0.717) is 16.9 Å². The summed E-state index contributed by atoms with van der Waals surface area (Å²) in [7, 11) is 0. The highest BCUT2D eigenvalue weighted by Crippen LogP contribution is 2.26. The highest BCUT2D eigenvalue weighted by Gasteiger charge is 2.18. The van der Waals surface area contributed by atoms with E-state index >= 15 is 0 Å². The van der Waals surface area contributed by atoms with Crippen LogP contribution in [0.4, 0.5) is 5.95 Å². The molecule has 4 nitrogen and oxygen atoms in total. The Hall–Kier alpha value is -1.65. The number of aromatic nitrogens is 2. The van der Waals surface area contributed by atoms with Gasteiger partial charge >= 0.3 is 0 Å². The van der Waals surface area contributed by atoms with E-state index in [2.05, 4.69) is 15.3 Å². The Kier molecular flexibility index (Phi) is 3.85. The molecule has 1 fully saturated rings. The van der Waals surface area contributed by atoms with Crippen LogP contribution < -0.4 is 11.1 Å². The monoisotopic (exact) mass is 288 g/mol. The maximum atomic E-state index is 5.92. The average molecular weight is 289 g/mol. The van der Waals surface area contributed by atoms with Crippen LogP contribution in [0.25, 0.3) is 11.3 Å². The van der Waals surface area contributed by atoms with Crippen molar-refractivity contribution >= 4 is 17.5 Å². The summed E-state index contributed by atoms with van der Waals surface area (Å²) in [4.78, 5) is 8.73. The van der Waals surface area contributed by atoms with E-state index in [-0.39, 0.29) is 0 Å². The van der Waals surface area contributed by atoms with E-state index < -0.39 is 0 Å². The largest absolute Gasteiger partial charge is 0.368 e. The Balaban J connectivity index is 1.95. The van der Waals surface area contributed by atoms with Crippen molar-refractivity contribution in [2.45, 2.75) is 18.8 Å². The first-order chi connectivity index (χ1) is 9.72. The number of anilines is 1. The van der Waals surface area contributed by atoms with Crippen molar-refractivity contribution in [3.8, 4) is 11.3 Å². The van der Waals surface area contributed by atoms with E-state index in [1.54, 1.807) is 0 Å². The molecule has 3 rings (SSSR count). The summed E-state index contributed by atoms with van der Waals surface area (Å²) >= 11 is 5.92. The number of halogens is 1. The fourth-order valence-corrected chi connectivity index (χ4v) is 2.69. The van der Waals surface area contributed by atoms with Crippen molar-refractivity contribution in [3.05, 3.63) is 41.0 Å². The maximum absolute atomic E-state index is 5.92. The van der Waals surface area contributed by atoms with Gasteiger partial charge in [0.1, 0.15) is 0 Å². The van der Waals surface area contributed by atoms with E-state index in [1.807, 2.05) is 30.3 Å². The van der Waals surface area contributed by atoms with Gasteiger partial charge in [0.25, 0.3) is 0 Å². The molecule has 1 aliphatic rings. The van der Waals surface area contributed by atoms with Gasteiger partial charge in [-0.15, -0.1) is 0 Å². The summed E-state index contributed by atoms with van der Waals surface area (Å²) in [5.41, 5.74) is 8.75. The summed E-state index contributed by atoms with van der Waals surface area (Å²) in [6.45, 7) is 2.04. The summed E-state index contributed by atoms with van der Waals surface area (Å²) in [5.74, 6) is 0.748. The molecule has 0 radical (unpaired) electrons. The van der Waals surface area contributed by atoms with Crippen LogP contribution in [0, 0.1) is 0 Å². The smallest absolute Gasteiger partial charge is 0.220 e. The van der Waals surface area contributed by atoms with Crippen LogP contribution in [-0.2, 0) is 0 Å². The number of hydrogen-bond donors (Lipinski definition) is 2. The molecule has 1 saturated heterocycles. The van der Waals surface area contributed by atoms with Gasteiger partial charge in [-0.25, -0.2) is 9.97 Å². The Morgan fingerprint density at radius 3 is 2.70 bits per heavy atom. The molecular formula is C15H17ClN4.